The first kappa shape index (κ1) is 21.2. The maximum absolute atomic E-state index is 15.1. The van der Waals surface area contributed by atoms with Gasteiger partial charge in [0.2, 0.25) is 5.78 Å². The number of pyridine rings is 1. The first-order chi connectivity index (χ1) is 14.4. The molecule has 0 aliphatic carbocycles. The van der Waals surface area contributed by atoms with E-state index in [4.69, 9.17) is 4.74 Å². The molecule has 9 heteroatoms. The molecule has 0 fully saturated rings. The highest BCUT2D eigenvalue weighted by atomic mass is 19.1. The average Bonchev–Trinajstić information content (AvgIpc) is 3.16. The lowest BCUT2D eigenvalue weighted by molar-refractivity contribution is 0.103. The van der Waals surface area contributed by atoms with Crippen LogP contribution in [0, 0.1) is 11.6 Å². The average molecular weight is 416 g/mol. The fourth-order valence-corrected chi connectivity index (χ4v) is 2.98. The summed E-state index contributed by atoms with van der Waals surface area (Å²) in [4.78, 5) is 33.5. The molecular weight excluding hydrogens is 394 g/mol. The molecule has 1 aromatic carbocycles. The fourth-order valence-electron chi connectivity index (χ4n) is 2.98. The number of urea groups is 1. The third-order valence-corrected chi connectivity index (χ3v) is 4.74. The van der Waals surface area contributed by atoms with Crippen LogP contribution in [0.1, 0.15) is 35.7 Å². The highest BCUT2D eigenvalue weighted by molar-refractivity contribution is 6.16. The standard InChI is InChI=1S/C21H22F2N4O3/c1-4-5-8-27(2)21(29)26-16-7-6-15(22)17(18(16)23)19(28)14-11-25-20-13(14)9-12(30-3)10-24-20/h6-7,9-11H,4-5,8H2,1-3H3,(H,24,25)(H,26,29). The number of nitrogens with one attached hydrogen (secondary N) is 2. The summed E-state index contributed by atoms with van der Waals surface area (Å²) in [5, 5.41) is 2.76. The number of amides is 2. The summed E-state index contributed by atoms with van der Waals surface area (Å²) in [6.45, 7) is 2.47. The molecule has 3 rings (SSSR count). The molecule has 0 radical (unpaired) electrons. The van der Waals surface area contributed by atoms with Crippen molar-refractivity contribution in [3.63, 3.8) is 0 Å². The third-order valence-electron chi connectivity index (χ3n) is 4.74. The topological polar surface area (TPSA) is 87.3 Å². The van der Waals surface area contributed by atoms with Crippen molar-refractivity contribution in [2.75, 3.05) is 26.0 Å². The van der Waals surface area contributed by atoms with Gasteiger partial charge in [0.1, 0.15) is 17.2 Å². The van der Waals surface area contributed by atoms with E-state index >= 15 is 4.39 Å². The van der Waals surface area contributed by atoms with Crippen molar-refractivity contribution in [3.05, 3.63) is 53.4 Å². The van der Waals surface area contributed by atoms with E-state index in [0.29, 0.717) is 23.3 Å². The van der Waals surface area contributed by atoms with Gasteiger partial charge in [-0.1, -0.05) is 13.3 Å². The Morgan fingerprint density at radius 3 is 2.77 bits per heavy atom. The van der Waals surface area contributed by atoms with Gasteiger partial charge in [0, 0.05) is 30.7 Å². The summed E-state index contributed by atoms with van der Waals surface area (Å²) in [6.07, 6.45) is 4.48. The quantitative estimate of drug-likeness (QED) is 0.561. The van der Waals surface area contributed by atoms with E-state index in [0.717, 1.165) is 25.0 Å². The van der Waals surface area contributed by atoms with Crippen molar-refractivity contribution in [1.29, 1.82) is 0 Å². The largest absolute Gasteiger partial charge is 0.495 e. The van der Waals surface area contributed by atoms with Crippen molar-refractivity contribution in [2.45, 2.75) is 19.8 Å². The van der Waals surface area contributed by atoms with Crippen LogP contribution in [0.3, 0.4) is 0 Å². The van der Waals surface area contributed by atoms with Gasteiger partial charge in [-0.3, -0.25) is 4.79 Å². The van der Waals surface area contributed by atoms with Gasteiger partial charge in [0.25, 0.3) is 0 Å². The molecule has 3 aromatic rings. The lowest BCUT2D eigenvalue weighted by atomic mass is 10.0. The number of H-pyrrole nitrogens is 1. The highest BCUT2D eigenvalue weighted by Gasteiger charge is 2.25. The Kier molecular flexibility index (Phi) is 6.29. The van der Waals surface area contributed by atoms with Gasteiger partial charge in [-0.15, -0.1) is 0 Å². The number of anilines is 1. The maximum Gasteiger partial charge on any atom is 0.321 e. The molecule has 0 atom stereocenters. The SMILES string of the molecule is CCCCN(C)C(=O)Nc1ccc(F)c(C(=O)c2c[nH]c3ncc(OC)cc23)c1F. The van der Waals surface area contributed by atoms with E-state index in [1.807, 2.05) is 6.92 Å². The van der Waals surface area contributed by atoms with Crippen molar-refractivity contribution < 1.29 is 23.1 Å². The highest BCUT2D eigenvalue weighted by Crippen LogP contribution is 2.28. The molecule has 2 amide bonds. The number of carbonyl (C=O) groups is 2. The van der Waals surface area contributed by atoms with Crippen molar-refractivity contribution in [1.82, 2.24) is 14.9 Å². The van der Waals surface area contributed by atoms with Crippen molar-refractivity contribution in [2.24, 2.45) is 0 Å². The van der Waals surface area contributed by atoms with Crippen LogP contribution in [0.15, 0.2) is 30.6 Å². The molecular formula is C21H22F2N4O3. The maximum atomic E-state index is 15.1. The predicted molar refractivity (Wildman–Crippen MR) is 109 cm³/mol. The van der Waals surface area contributed by atoms with Crippen molar-refractivity contribution in [3.8, 4) is 5.75 Å². The van der Waals surface area contributed by atoms with Crippen LogP contribution in [0.2, 0.25) is 0 Å². The van der Waals surface area contributed by atoms with E-state index in [1.54, 1.807) is 13.1 Å². The molecule has 30 heavy (non-hydrogen) atoms. The number of hydrogen-bond acceptors (Lipinski definition) is 4. The molecule has 0 saturated carbocycles. The minimum atomic E-state index is -1.14. The van der Waals surface area contributed by atoms with Gasteiger partial charge in [0.15, 0.2) is 5.82 Å². The number of fused-ring (bicyclic) bond motifs is 1. The molecule has 0 spiro atoms. The summed E-state index contributed by atoms with van der Waals surface area (Å²) in [5.41, 5.74) is -0.615. The Hall–Kier alpha value is -3.49. The number of halogens is 2. The van der Waals surface area contributed by atoms with E-state index in [9.17, 15) is 14.0 Å². The minimum absolute atomic E-state index is 0.0396. The number of ketones is 1. The van der Waals surface area contributed by atoms with E-state index < -0.39 is 29.0 Å². The van der Waals surface area contributed by atoms with Crippen LogP contribution in [0.25, 0.3) is 11.0 Å². The fraction of sp³-hybridized carbons (Fsp3) is 0.286. The van der Waals surface area contributed by atoms with Gasteiger partial charge >= 0.3 is 6.03 Å². The number of nitrogens with zero attached hydrogens (tertiary/aromatic N) is 2. The normalized spacial score (nSPS) is 10.8. The summed E-state index contributed by atoms with van der Waals surface area (Å²) < 4.78 is 34.6. The Labute approximate surface area is 172 Å². The molecule has 0 saturated heterocycles. The predicted octanol–water partition coefficient (Wildman–Crippen LogP) is 4.34. The Bertz CT molecular complexity index is 1100. The summed E-state index contributed by atoms with van der Waals surface area (Å²) in [7, 11) is 3.02. The molecule has 158 valence electrons. The smallest absolute Gasteiger partial charge is 0.321 e. The number of aromatic nitrogens is 2. The van der Waals surface area contributed by atoms with E-state index in [2.05, 4.69) is 15.3 Å². The van der Waals surface area contributed by atoms with Gasteiger partial charge in [-0.05, 0) is 24.6 Å². The lowest BCUT2D eigenvalue weighted by Crippen LogP contribution is -2.32. The number of unbranched alkanes of at least 4 members (excludes halogenated alkanes) is 1. The summed E-state index contributed by atoms with van der Waals surface area (Å²) in [5.74, 6) is -2.64. The van der Waals surface area contributed by atoms with Crippen LogP contribution < -0.4 is 10.1 Å². The first-order valence-corrected chi connectivity index (χ1v) is 9.43. The zero-order valence-corrected chi connectivity index (χ0v) is 16.9. The molecule has 0 aliphatic rings. The Morgan fingerprint density at radius 1 is 1.30 bits per heavy atom. The number of hydrogen-bond donors (Lipinski definition) is 2. The summed E-state index contributed by atoms with van der Waals surface area (Å²) in [6, 6.07) is 3.04. The number of benzene rings is 1. The molecule has 0 bridgehead atoms. The van der Waals surface area contributed by atoms with E-state index in [-0.39, 0.29) is 11.3 Å². The van der Waals surface area contributed by atoms with Gasteiger partial charge < -0.3 is 19.9 Å². The molecule has 2 N–H and O–H groups in total. The third kappa shape index (κ3) is 4.10. The first-order valence-electron chi connectivity index (χ1n) is 9.43. The number of rotatable bonds is 7. The zero-order chi connectivity index (χ0) is 21.8. The lowest BCUT2D eigenvalue weighted by Gasteiger charge is -2.18. The number of methoxy groups -OCH3 is 1. The number of ether oxygens (including phenoxy) is 1. The second-order valence-electron chi connectivity index (χ2n) is 6.79. The van der Waals surface area contributed by atoms with Crippen LogP contribution in [0.5, 0.6) is 5.75 Å². The number of aromatic amines is 1. The molecule has 2 aromatic heterocycles. The van der Waals surface area contributed by atoms with Crippen LogP contribution in [-0.2, 0) is 0 Å². The molecule has 0 unspecified atom stereocenters. The Morgan fingerprint density at radius 2 is 2.07 bits per heavy atom. The Balaban J connectivity index is 1.96. The number of carbonyl (C=O) groups excluding carboxylic acids is 2. The molecule has 7 nitrogen and oxygen atoms in total. The monoisotopic (exact) mass is 416 g/mol. The van der Waals surface area contributed by atoms with E-state index in [1.165, 1.54) is 24.4 Å². The van der Waals surface area contributed by atoms with Gasteiger partial charge in [-0.2, -0.15) is 0 Å². The van der Waals surface area contributed by atoms with Crippen molar-refractivity contribution >= 4 is 28.5 Å². The summed E-state index contributed by atoms with van der Waals surface area (Å²) >= 11 is 0. The second-order valence-corrected chi connectivity index (χ2v) is 6.79. The van der Waals surface area contributed by atoms with Crippen LogP contribution in [0.4, 0.5) is 19.3 Å². The van der Waals surface area contributed by atoms with Gasteiger partial charge in [0.05, 0.1) is 24.6 Å². The van der Waals surface area contributed by atoms with Crippen LogP contribution in [-0.4, -0.2) is 47.4 Å². The second kappa shape index (κ2) is 8.89. The van der Waals surface area contributed by atoms with Crippen LogP contribution >= 0.6 is 0 Å². The molecule has 0 aliphatic heterocycles. The molecule has 2 heterocycles. The zero-order valence-electron chi connectivity index (χ0n) is 16.9. The minimum Gasteiger partial charge on any atom is -0.495 e. The van der Waals surface area contributed by atoms with Gasteiger partial charge in [-0.25, -0.2) is 18.6 Å².